The molecular formula is C19H28N4O. The maximum Gasteiger partial charge on any atom is 0.0638 e. The zero-order valence-electron chi connectivity index (χ0n) is 14.7. The standard InChI is InChI=1S/C19H28N4O/c1-16-18(13-21(2)20-16)14-22-9-10-23(19(15-22)8-11-24)12-17-6-4-3-5-7-17/h3-7,13,19,24H,8-12,14-15H2,1-2H3. The highest BCUT2D eigenvalue weighted by Crippen LogP contribution is 2.19. The largest absolute Gasteiger partial charge is 0.396 e. The van der Waals surface area contributed by atoms with Crippen molar-refractivity contribution in [2.24, 2.45) is 7.05 Å². The van der Waals surface area contributed by atoms with Crippen LogP contribution >= 0.6 is 0 Å². The molecule has 3 rings (SSSR count). The van der Waals surface area contributed by atoms with E-state index in [1.807, 2.05) is 11.7 Å². The zero-order valence-corrected chi connectivity index (χ0v) is 14.7. The highest BCUT2D eigenvalue weighted by molar-refractivity contribution is 5.16. The molecule has 1 aliphatic rings. The van der Waals surface area contributed by atoms with E-state index in [2.05, 4.69) is 58.4 Å². The van der Waals surface area contributed by atoms with Crippen molar-refractivity contribution in [1.29, 1.82) is 0 Å². The summed E-state index contributed by atoms with van der Waals surface area (Å²) in [6.07, 6.45) is 2.95. The van der Waals surface area contributed by atoms with Crippen LogP contribution in [0.3, 0.4) is 0 Å². The number of piperazine rings is 1. The van der Waals surface area contributed by atoms with E-state index in [1.165, 1.54) is 11.1 Å². The van der Waals surface area contributed by atoms with Gasteiger partial charge in [-0.15, -0.1) is 0 Å². The van der Waals surface area contributed by atoms with Gasteiger partial charge < -0.3 is 5.11 Å². The van der Waals surface area contributed by atoms with Gasteiger partial charge in [-0.2, -0.15) is 5.10 Å². The molecule has 0 bridgehead atoms. The summed E-state index contributed by atoms with van der Waals surface area (Å²) in [5, 5.41) is 13.9. The van der Waals surface area contributed by atoms with Crippen molar-refractivity contribution in [3.8, 4) is 0 Å². The lowest BCUT2D eigenvalue weighted by Gasteiger charge is -2.41. The summed E-state index contributed by atoms with van der Waals surface area (Å²) < 4.78 is 1.89. The first-order valence-electron chi connectivity index (χ1n) is 8.76. The van der Waals surface area contributed by atoms with Crippen molar-refractivity contribution in [2.45, 2.75) is 32.5 Å². The Bertz CT molecular complexity index is 640. The van der Waals surface area contributed by atoms with Gasteiger partial charge in [0, 0.05) is 64.2 Å². The Balaban J connectivity index is 1.63. The first-order valence-corrected chi connectivity index (χ1v) is 8.76. The highest BCUT2D eigenvalue weighted by atomic mass is 16.3. The normalized spacial score (nSPS) is 19.7. The molecule has 1 saturated heterocycles. The van der Waals surface area contributed by atoms with Crippen LogP contribution in [0.5, 0.6) is 0 Å². The minimum atomic E-state index is 0.246. The molecule has 2 heterocycles. The first kappa shape index (κ1) is 17.1. The number of aromatic nitrogens is 2. The fourth-order valence-electron chi connectivity index (χ4n) is 3.59. The molecule has 5 heteroatoms. The van der Waals surface area contributed by atoms with Gasteiger partial charge in [0.15, 0.2) is 0 Å². The third-order valence-electron chi connectivity index (χ3n) is 4.89. The predicted molar refractivity (Wildman–Crippen MR) is 95.6 cm³/mol. The van der Waals surface area contributed by atoms with Crippen LogP contribution < -0.4 is 0 Å². The number of benzene rings is 1. The van der Waals surface area contributed by atoms with Gasteiger partial charge >= 0.3 is 0 Å². The summed E-state index contributed by atoms with van der Waals surface area (Å²) in [5.74, 6) is 0. The van der Waals surface area contributed by atoms with E-state index in [1.54, 1.807) is 0 Å². The van der Waals surface area contributed by atoms with Crippen LogP contribution in [0.1, 0.15) is 23.2 Å². The summed E-state index contributed by atoms with van der Waals surface area (Å²) in [5.41, 5.74) is 3.76. The number of aliphatic hydroxyl groups excluding tert-OH is 1. The molecule has 0 saturated carbocycles. The number of nitrogens with zero attached hydrogens (tertiary/aromatic N) is 4. The fourth-order valence-corrected chi connectivity index (χ4v) is 3.59. The Kier molecular flexibility index (Phi) is 5.66. The molecule has 1 N–H and O–H groups in total. The van der Waals surface area contributed by atoms with Crippen LogP contribution in [-0.2, 0) is 20.1 Å². The van der Waals surface area contributed by atoms with Gasteiger partial charge in [0.2, 0.25) is 0 Å². The van der Waals surface area contributed by atoms with E-state index in [0.29, 0.717) is 6.04 Å². The smallest absolute Gasteiger partial charge is 0.0638 e. The van der Waals surface area contributed by atoms with E-state index in [4.69, 9.17) is 0 Å². The summed E-state index contributed by atoms with van der Waals surface area (Å²) in [6.45, 7) is 7.33. The van der Waals surface area contributed by atoms with E-state index >= 15 is 0 Å². The molecule has 1 aromatic carbocycles. The number of rotatable bonds is 6. The molecular weight excluding hydrogens is 300 g/mol. The summed E-state index contributed by atoms with van der Waals surface area (Å²) >= 11 is 0. The maximum absolute atomic E-state index is 9.47. The molecule has 0 aliphatic carbocycles. The van der Waals surface area contributed by atoms with Crippen LogP contribution in [-0.4, -0.2) is 57.0 Å². The Morgan fingerprint density at radius 1 is 1.17 bits per heavy atom. The second kappa shape index (κ2) is 7.92. The molecule has 1 aliphatic heterocycles. The van der Waals surface area contributed by atoms with Gasteiger partial charge in [-0.3, -0.25) is 14.5 Å². The molecule has 0 spiro atoms. The van der Waals surface area contributed by atoms with E-state index in [0.717, 1.165) is 44.8 Å². The molecule has 0 amide bonds. The fraction of sp³-hybridized carbons (Fsp3) is 0.526. The van der Waals surface area contributed by atoms with Crippen LogP contribution in [0, 0.1) is 6.92 Å². The van der Waals surface area contributed by atoms with E-state index < -0.39 is 0 Å². The van der Waals surface area contributed by atoms with Crippen LogP contribution in [0.4, 0.5) is 0 Å². The van der Waals surface area contributed by atoms with Crippen LogP contribution in [0.15, 0.2) is 36.5 Å². The molecule has 1 aromatic heterocycles. The van der Waals surface area contributed by atoms with Gasteiger partial charge in [-0.25, -0.2) is 0 Å². The van der Waals surface area contributed by atoms with E-state index in [-0.39, 0.29) is 6.61 Å². The Morgan fingerprint density at radius 2 is 1.96 bits per heavy atom. The van der Waals surface area contributed by atoms with Crippen molar-refractivity contribution in [2.75, 3.05) is 26.2 Å². The van der Waals surface area contributed by atoms with Gasteiger partial charge in [-0.1, -0.05) is 30.3 Å². The second-order valence-electron chi connectivity index (χ2n) is 6.77. The van der Waals surface area contributed by atoms with Crippen LogP contribution in [0.25, 0.3) is 0 Å². The van der Waals surface area contributed by atoms with Crippen LogP contribution in [0.2, 0.25) is 0 Å². The highest BCUT2D eigenvalue weighted by Gasteiger charge is 2.27. The van der Waals surface area contributed by atoms with Gasteiger partial charge in [-0.05, 0) is 18.9 Å². The van der Waals surface area contributed by atoms with Crippen molar-refractivity contribution in [3.05, 3.63) is 53.3 Å². The first-order chi connectivity index (χ1) is 11.7. The SMILES string of the molecule is Cc1nn(C)cc1CN1CCN(Cc2ccccc2)C(CCO)C1. The number of hydrogen-bond acceptors (Lipinski definition) is 4. The second-order valence-corrected chi connectivity index (χ2v) is 6.77. The number of aryl methyl sites for hydroxylation is 2. The monoisotopic (exact) mass is 328 g/mol. The summed E-state index contributed by atoms with van der Waals surface area (Å²) in [6, 6.07) is 11.0. The van der Waals surface area contributed by atoms with Crippen molar-refractivity contribution in [1.82, 2.24) is 19.6 Å². The average molecular weight is 328 g/mol. The molecule has 5 nitrogen and oxygen atoms in total. The molecule has 1 atom stereocenters. The predicted octanol–water partition coefficient (Wildman–Crippen LogP) is 1.80. The maximum atomic E-state index is 9.47. The lowest BCUT2D eigenvalue weighted by atomic mass is 10.1. The van der Waals surface area contributed by atoms with Crippen molar-refractivity contribution in [3.63, 3.8) is 0 Å². The molecule has 24 heavy (non-hydrogen) atoms. The molecule has 130 valence electrons. The third-order valence-corrected chi connectivity index (χ3v) is 4.89. The van der Waals surface area contributed by atoms with Crippen molar-refractivity contribution >= 4 is 0 Å². The van der Waals surface area contributed by atoms with Gasteiger partial charge in [0.1, 0.15) is 0 Å². The molecule has 1 unspecified atom stereocenters. The Labute approximate surface area is 144 Å². The zero-order chi connectivity index (χ0) is 16.9. The number of aliphatic hydroxyl groups is 1. The minimum absolute atomic E-state index is 0.246. The van der Waals surface area contributed by atoms with Gasteiger partial charge in [0.25, 0.3) is 0 Å². The molecule has 1 fully saturated rings. The Morgan fingerprint density at radius 3 is 2.62 bits per heavy atom. The lowest BCUT2D eigenvalue weighted by Crippen LogP contribution is -2.52. The van der Waals surface area contributed by atoms with Crippen molar-refractivity contribution < 1.29 is 5.11 Å². The lowest BCUT2D eigenvalue weighted by molar-refractivity contribution is 0.0499. The number of hydrogen-bond donors (Lipinski definition) is 1. The molecule has 0 radical (unpaired) electrons. The molecule has 2 aromatic rings. The Hall–Kier alpha value is -1.69. The quantitative estimate of drug-likeness (QED) is 0.878. The van der Waals surface area contributed by atoms with E-state index in [9.17, 15) is 5.11 Å². The summed E-state index contributed by atoms with van der Waals surface area (Å²) in [7, 11) is 1.98. The third kappa shape index (κ3) is 4.23. The van der Waals surface area contributed by atoms with Gasteiger partial charge in [0.05, 0.1) is 5.69 Å². The topological polar surface area (TPSA) is 44.5 Å². The average Bonchev–Trinajstić information content (AvgIpc) is 2.88. The summed E-state index contributed by atoms with van der Waals surface area (Å²) in [4.78, 5) is 5.00. The minimum Gasteiger partial charge on any atom is -0.396 e.